The lowest BCUT2D eigenvalue weighted by molar-refractivity contribution is 0.0594. The average molecular weight is 238 g/mol. The summed E-state index contributed by atoms with van der Waals surface area (Å²) in [6, 6.07) is 0. The van der Waals surface area contributed by atoms with Crippen LogP contribution in [0.3, 0.4) is 0 Å². The summed E-state index contributed by atoms with van der Waals surface area (Å²) in [5.74, 6) is -0.527. The van der Waals surface area contributed by atoms with Gasteiger partial charge in [-0.3, -0.25) is 9.67 Å². The Morgan fingerprint density at radius 1 is 1.69 bits per heavy atom. The summed E-state index contributed by atoms with van der Waals surface area (Å²) < 4.78 is 6.15. The van der Waals surface area contributed by atoms with Crippen LogP contribution in [0.5, 0.6) is 0 Å². The van der Waals surface area contributed by atoms with E-state index in [-0.39, 0.29) is 5.69 Å². The van der Waals surface area contributed by atoms with Crippen molar-refractivity contribution in [3.05, 3.63) is 28.5 Å². The van der Waals surface area contributed by atoms with Crippen LogP contribution in [0.25, 0.3) is 0 Å². The van der Waals surface area contributed by atoms with Gasteiger partial charge >= 0.3 is 5.97 Å². The lowest BCUT2D eigenvalue weighted by atomic mass is 10.4. The first kappa shape index (κ1) is 10.6. The van der Waals surface area contributed by atoms with Crippen LogP contribution in [0.15, 0.2) is 17.9 Å². The maximum Gasteiger partial charge on any atom is 0.360 e. The van der Waals surface area contributed by atoms with Crippen LogP contribution in [0.2, 0.25) is 0 Å². The summed E-state index contributed by atoms with van der Waals surface area (Å²) in [4.78, 5) is 16.3. The molecule has 0 radical (unpaired) electrons. The minimum absolute atomic E-state index is 0.145. The highest BCUT2D eigenvalue weighted by molar-refractivity contribution is 7.09. The Labute approximate surface area is 95.7 Å². The third-order valence-corrected chi connectivity index (χ3v) is 2.73. The number of nitrogen functional groups attached to an aromatic ring is 1. The van der Waals surface area contributed by atoms with Crippen molar-refractivity contribution in [3.8, 4) is 0 Å². The summed E-state index contributed by atoms with van der Waals surface area (Å²) in [6.45, 7) is 0.547. The standard InChI is InChI=1S/C9H10N4O2S/c1-15-9(14)8-7(10)4-13(12-8)3-6-2-11-5-16-6/h2,4-5H,3,10H2,1H3. The van der Waals surface area contributed by atoms with E-state index in [2.05, 4.69) is 14.8 Å². The molecule has 6 nitrogen and oxygen atoms in total. The molecule has 2 aromatic heterocycles. The quantitative estimate of drug-likeness (QED) is 0.798. The molecule has 0 fully saturated rings. The number of methoxy groups -OCH3 is 1. The molecule has 0 amide bonds. The van der Waals surface area contributed by atoms with Gasteiger partial charge in [0.1, 0.15) is 0 Å². The minimum atomic E-state index is -0.527. The molecule has 84 valence electrons. The monoisotopic (exact) mass is 238 g/mol. The SMILES string of the molecule is COC(=O)c1nn(Cc2cncs2)cc1N. The largest absolute Gasteiger partial charge is 0.464 e. The molecule has 2 aromatic rings. The summed E-state index contributed by atoms with van der Waals surface area (Å²) in [6.07, 6.45) is 3.35. The smallest absolute Gasteiger partial charge is 0.360 e. The van der Waals surface area contributed by atoms with Crippen molar-refractivity contribution >= 4 is 23.0 Å². The zero-order valence-electron chi connectivity index (χ0n) is 8.58. The van der Waals surface area contributed by atoms with Gasteiger partial charge < -0.3 is 10.5 Å². The Morgan fingerprint density at radius 2 is 2.50 bits per heavy atom. The molecule has 0 aliphatic rings. The first-order valence-corrected chi connectivity index (χ1v) is 5.37. The van der Waals surface area contributed by atoms with Crippen molar-refractivity contribution in [1.82, 2.24) is 14.8 Å². The van der Waals surface area contributed by atoms with Gasteiger partial charge in [0.25, 0.3) is 0 Å². The normalized spacial score (nSPS) is 10.3. The van der Waals surface area contributed by atoms with Crippen LogP contribution in [-0.2, 0) is 11.3 Å². The number of esters is 1. The van der Waals surface area contributed by atoms with Gasteiger partial charge in [-0.1, -0.05) is 0 Å². The van der Waals surface area contributed by atoms with Gasteiger partial charge in [-0.2, -0.15) is 5.10 Å². The fourth-order valence-electron chi connectivity index (χ4n) is 1.25. The van der Waals surface area contributed by atoms with Gasteiger partial charge in [0, 0.05) is 17.3 Å². The van der Waals surface area contributed by atoms with Crippen molar-refractivity contribution in [1.29, 1.82) is 0 Å². The maximum absolute atomic E-state index is 11.3. The first-order chi connectivity index (χ1) is 7.70. The van der Waals surface area contributed by atoms with Crippen LogP contribution in [0, 0.1) is 0 Å². The van der Waals surface area contributed by atoms with Crippen LogP contribution in [0.4, 0.5) is 5.69 Å². The molecular weight excluding hydrogens is 228 g/mol. The highest BCUT2D eigenvalue weighted by Crippen LogP contribution is 2.13. The van der Waals surface area contributed by atoms with E-state index >= 15 is 0 Å². The van der Waals surface area contributed by atoms with Gasteiger partial charge in [0.05, 0.1) is 24.9 Å². The molecule has 2 rings (SSSR count). The zero-order valence-corrected chi connectivity index (χ0v) is 9.40. The molecule has 0 saturated heterocycles. The Morgan fingerprint density at radius 3 is 3.12 bits per heavy atom. The summed E-state index contributed by atoms with van der Waals surface area (Å²) in [7, 11) is 1.30. The van der Waals surface area contributed by atoms with E-state index in [0.29, 0.717) is 12.2 Å². The number of ether oxygens (including phenoxy) is 1. The summed E-state index contributed by atoms with van der Waals surface area (Å²) >= 11 is 1.52. The highest BCUT2D eigenvalue weighted by atomic mass is 32.1. The van der Waals surface area contributed by atoms with Crippen LogP contribution in [0.1, 0.15) is 15.4 Å². The predicted octanol–water partition coefficient (Wildman–Crippen LogP) is 0.757. The van der Waals surface area contributed by atoms with Crippen molar-refractivity contribution < 1.29 is 9.53 Å². The zero-order chi connectivity index (χ0) is 11.5. The number of carbonyl (C=O) groups excluding carboxylic acids is 1. The van der Waals surface area contributed by atoms with Crippen molar-refractivity contribution in [2.75, 3.05) is 12.8 Å². The number of rotatable bonds is 3. The number of aromatic nitrogens is 3. The first-order valence-electron chi connectivity index (χ1n) is 4.49. The molecule has 0 spiro atoms. The molecule has 16 heavy (non-hydrogen) atoms. The molecule has 0 saturated carbocycles. The molecule has 2 N–H and O–H groups in total. The maximum atomic E-state index is 11.3. The third kappa shape index (κ3) is 2.03. The van der Waals surface area contributed by atoms with Gasteiger partial charge in [-0.15, -0.1) is 11.3 Å². The van der Waals surface area contributed by atoms with E-state index in [0.717, 1.165) is 4.88 Å². The second-order valence-corrected chi connectivity index (χ2v) is 4.06. The highest BCUT2D eigenvalue weighted by Gasteiger charge is 2.15. The Kier molecular flexibility index (Phi) is 2.86. The van der Waals surface area contributed by atoms with E-state index < -0.39 is 5.97 Å². The summed E-state index contributed by atoms with van der Waals surface area (Å²) in [5, 5.41) is 4.05. The van der Waals surface area contributed by atoms with Crippen LogP contribution in [-0.4, -0.2) is 27.8 Å². The molecule has 0 unspecified atom stereocenters. The lowest BCUT2D eigenvalue weighted by Gasteiger charge is -1.96. The van der Waals surface area contributed by atoms with Crippen LogP contribution >= 0.6 is 11.3 Å². The number of carbonyl (C=O) groups is 1. The minimum Gasteiger partial charge on any atom is -0.464 e. The molecule has 0 atom stereocenters. The topological polar surface area (TPSA) is 83.0 Å². The predicted molar refractivity (Wildman–Crippen MR) is 59.2 cm³/mol. The second-order valence-electron chi connectivity index (χ2n) is 3.09. The number of hydrogen-bond acceptors (Lipinski definition) is 6. The van der Waals surface area contributed by atoms with E-state index in [4.69, 9.17) is 5.73 Å². The number of hydrogen-bond donors (Lipinski definition) is 1. The molecular formula is C9H10N4O2S. The Bertz CT molecular complexity index is 492. The van der Waals surface area contributed by atoms with Gasteiger partial charge in [-0.05, 0) is 0 Å². The van der Waals surface area contributed by atoms with Crippen molar-refractivity contribution in [2.24, 2.45) is 0 Å². The number of nitrogens with two attached hydrogens (primary N) is 1. The van der Waals surface area contributed by atoms with E-state index in [1.54, 1.807) is 22.6 Å². The number of nitrogens with zero attached hydrogens (tertiary/aromatic N) is 3. The van der Waals surface area contributed by atoms with E-state index in [9.17, 15) is 4.79 Å². The second kappa shape index (κ2) is 4.31. The van der Waals surface area contributed by atoms with E-state index in [1.807, 2.05) is 0 Å². The molecule has 0 aromatic carbocycles. The average Bonchev–Trinajstić information content (AvgIpc) is 2.88. The third-order valence-electron chi connectivity index (χ3n) is 1.97. The Balaban J connectivity index is 2.21. The molecule has 2 heterocycles. The Hall–Kier alpha value is -1.89. The van der Waals surface area contributed by atoms with Gasteiger partial charge in [0.2, 0.25) is 0 Å². The molecule has 0 aliphatic carbocycles. The molecule has 0 bridgehead atoms. The van der Waals surface area contributed by atoms with Crippen molar-refractivity contribution in [2.45, 2.75) is 6.54 Å². The summed E-state index contributed by atoms with van der Waals surface area (Å²) in [5.41, 5.74) is 7.85. The fourth-order valence-corrected chi connectivity index (χ4v) is 1.84. The van der Waals surface area contributed by atoms with E-state index in [1.165, 1.54) is 18.4 Å². The van der Waals surface area contributed by atoms with Crippen molar-refractivity contribution in [3.63, 3.8) is 0 Å². The molecule has 7 heteroatoms. The number of anilines is 1. The number of thiazole rings is 1. The fraction of sp³-hybridized carbons (Fsp3) is 0.222. The van der Waals surface area contributed by atoms with Crippen LogP contribution < -0.4 is 5.73 Å². The lowest BCUT2D eigenvalue weighted by Crippen LogP contribution is -2.06. The van der Waals surface area contributed by atoms with Gasteiger partial charge in [-0.25, -0.2) is 4.79 Å². The molecule has 0 aliphatic heterocycles. The van der Waals surface area contributed by atoms with Gasteiger partial charge in [0.15, 0.2) is 5.69 Å².